The van der Waals surface area contributed by atoms with Crippen LogP contribution in [0.4, 0.5) is 4.39 Å². The molecule has 0 unspecified atom stereocenters. The summed E-state index contributed by atoms with van der Waals surface area (Å²) in [7, 11) is 3.85. The van der Waals surface area contributed by atoms with Crippen molar-refractivity contribution in [1.29, 1.82) is 0 Å². The zero-order chi connectivity index (χ0) is 17.9. The lowest BCUT2D eigenvalue weighted by Gasteiger charge is -2.16. The Morgan fingerprint density at radius 3 is 2.62 bits per heavy atom. The fourth-order valence-corrected chi connectivity index (χ4v) is 2.82. The number of hydrogen-bond acceptors (Lipinski definition) is 4. The van der Waals surface area contributed by atoms with Gasteiger partial charge in [0.15, 0.2) is 0 Å². The number of carbonyl (C=O) groups excluding carboxylic acids is 1. The van der Waals surface area contributed by atoms with E-state index in [1.165, 1.54) is 6.07 Å². The van der Waals surface area contributed by atoms with E-state index in [0.29, 0.717) is 35.6 Å². The minimum atomic E-state index is -0.413. The smallest absolute Gasteiger partial charge is 0.341 e. The van der Waals surface area contributed by atoms with Gasteiger partial charge in [-0.05, 0) is 46.0 Å². The zero-order valence-corrected chi connectivity index (χ0v) is 14.9. The lowest BCUT2D eigenvalue weighted by Crippen LogP contribution is -2.16. The summed E-state index contributed by atoms with van der Waals surface area (Å²) in [4.78, 5) is 14.2. The van der Waals surface area contributed by atoms with E-state index in [2.05, 4.69) is 5.10 Å². The molecule has 0 spiro atoms. The highest BCUT2D eigenvalue weighted by molar-refractivity contribution is 5.92. The molecule has 1 aromatic heterocycles. The number of rotatable bonds is 6. The van der Waals surface area contributed by atoms with Crippen molar-refractivity contribution in [1.82, 2.24) is 14.7 Å². The number of hydrogen-bond donors (Lipinski definition) is 0. The Morgan fingerprint density at radius 1 is 1.33 bits per heavy atom. The van der Waals surface area contributed by atoms with Crippen molar-refractivity contribution in [3.05, 3.63) is 46.5 Å². The molecule has 0 radical (unpaired) electrons. The fraction of sp³-hybridized carbons (Fsp3) is 0.444. The van der Waals surface area contributed by atoms with Crippen LogP contribution < -0.4 is 0 Å². The van der Waals surface area contributed by atoms with Gasteiger partial charge in [0.25, 0.3) is 0 Å². The number of ether oxygens (including phenoxy) is 1. The third-order valence-corrected chi connectivity index (χ3v) is 3.74. The monoisotopic (exact) mass is 333 g/mol. The van der Waals surface area contributed by atoms with Crippen LogP contribution in [0.1, 0.15) is 41.2 Å². The number of esters is 1. The summed E-state index contributed by atoms with van der Waals surface area (Å²) >= 11 is 0. The zero-order valence-electron chi connectivity index (χ0n) is 14.9. The second-order valence-electron chi connectivity index (χ2n) is 5.88. The molecule has 24 heavy (non-hydrogen) atoms. The third kappa shape index (κ3) is 3.48. The van der Waals surface area contributed by atoms with Crippen LogP contribution in [0.5, 0.6) is 0 Å². The van der Waals surface area contributed by atoms with Gasteiger partial charge >= 0.3 is 5.97 Å². The molecular formula is C18H24FN3O2. The van der Waals surface area contributed by atoms with Gasteiger partial charge in [0, 0.05) is 6.54 Å². The first-order valence-corrected chi connectivity index (χ1v) is 8.08. The summed E-state index contributed by atoms with van der Waals surface area (Å²) in [5.41, 5.74) is 2.84. The van der Waals surface area contributed by atoms with Crippen molar-refractivity contribution in [2.45, 2.75) is 33.7 Å². The molecule has 2 aromatic rings. The largest absolute Gasteiger partial charge is 0.462 e. The average Bonchev–Trinajstić information content (AvgIpc) is 2.83. The van der Waals surface area contributed by atoms with E-state index in [0.717, 1.165) is 5.56 Å². The molecule has 0 aliphatic rings. The molecule has 0 saturated carbocycles. The molecule has 1 heterocycles. The average molecular weight is 333 g/mol. The van der Waals surface area contributed by atoms with Crippen molar-refractivity contribution < 1.29 is 13.9 Å². The maximum Gasteiger partial charge on any atom is 0.341 e. The highest BCUT2D eigenvalue weighted by Crippen LogP contribution is 2.25. The van der Waals surface area contributed by atoms with E-state index in [9.17, 15) is 9.18 Å². The first kappa shape index (κ1) is 18.1. The van der Waals surface area contributed by atoms with Crippen LogP contribution in [0.25, 0.3) is 5.69 Å². The van der Waals surface area contributed by atoms with Crippen LogP contribution in [0.3, 0.4) is 0 Å². The topological polar surface area (TPSA) is 47.4 Å². The van der Waals surface area contributed by atoms with Crippen molar-refractivity contribution >= 4 is 5.97 Å². The summed E-state index contributed by atoms with van der Waals surface area (Å²) in [5, 5.41) is 4.44. The molecule has 5 nitrogen and oxygen atoms in total. The first-order chi connectivity index (χ1) is 11.4. The molecule has 6 heteroatoms. The Hall–Kier alpha value is -2.21. The number of carbonyl (C=O) groups is 1. The van der Waals surface area contributed by atoms with Crippen molar-refractivity contribution in [2.75, 3.05) is 20.7 Å². The fourth-order valence-electron chi connectivity index (χ4n) is 2.82. The van der Waals surface area contributed by atoms with E-state index in [1.807, 2.05) is 32.0 Å². The maximum atomic E-state index is 14.6. The van der Waals surface area contributed by atoms with E-state index in [-0.39, 0.29) is 12.4 Å². The molecule has 0 aliphatic carbocycles. The molecule has 0 amide bonds. The molecule has 0 bridgehead atoms. The van der Waals surface area contributed by atoms with Crippen LogP contribution in [-0.2, 0) is 17.7 Å². The van der Waals surface area contributed by atoms with Crippen LogP contribution in [0.2, 0.25) is 0 Å². The number of nitrogens with zero attached hydrogens (tertiary/aromatic N) is 3. The number of aromatic nitrogens is 2. The predicted molar refractivity (Wildman–Crippen MR) is 91.0 cm³/mol. The second kappa shape index (κ2) is 7.57. The van der Waals surface area contributed by atoms with Crippen LogP contribution >= 0.6 is 0 Å². The summed E-state index contributed by atoms with van der Waals surface area (Å²) in [6.45, 7) is 6.29. The summed E-state index contributed by atoms with van der Waals surface area (Å²) in [6, 6.07) is 4.97. The maximum absolute atomic E-state index is 14.6. The van der Waals surface area contributed by atoms with Gasteiger partial charge in [-0.1, -0.05) is 19.1 Å². The van der Waals surface area contributed by atoms with Gasteiger partial charge in [0.2, 0.25) is 0 Å². The highest BCUT2D eigenvalue weighted by atomic mass is 19.1. The van der Waals surface area contributed by atoms with Gasteiger partial charge in [-0.25, -0.2) is 13.9 Å². The molecule has 0 N–H and O–H groups in total. The van der Waals surface area contributed by atoms with E-state index < -0.39 is 5.97 Å². The standard InChI is InChI=1S/C18H24FN3O2/c1-6-15-16(18(23)24-7-2)12(3)20-22(15)17-13(11-21(4)5)9-8-10-14(17)19/h8-10H,6-7,11H2,1-5H3. The second-order valence-corrected chi connectivity index (χ2v) is 5.88. The molecule has 2 rings (SSSR count). The van der Waals surface area contributed by atoms with Gasteiger partial charge < -0.3 is 9.64 Å². The molecule has 1 aromatic carbocycles. The highest BCUT2D eigenvalue weighted by Gasteiger charge is 2.24. The Balaban J connectivity index is 2.66. The Kier molecular flexibility index (Phi) is 5.72. The van der Waals surface area contributed by atoms with Crippen LogP contribution in [-0.4, -0.2) is 41.4 Å². The predicted octanol–water partition coefficient (Wildman–Crippen LogP) is 3.12. The Labute approximate surface area is 142 Å². The molecule has 0 aliphatic heterocycles. The summed E-state index contributed by atoms with van der Waals surface area (Å²) in [5.74, 6) is -0.773. The van der Waals surface area contributed by atoms with Gasteiger partial charge in [0.05, 0.1) is 18.0 Å². The van der Waals surface area contributed by atoms with Gasteiger partial charge in [0.1, 0.15) is 17.1 Å². The minimum absolute atomic E-state index is 0.290. The van der Waals surface area contributed by atoms with Crippen molar-refractivity contribution in [3.8, 4) is 5.69 Å². The number of aryl methyl sites for hydroxylation is 1. The minimum Gasteiger partial charge on any atom is -0.462 e. The first-order valence-electron chi connectivity index (χ1n) is 8.08. The van der Waals surface area contributed by atoms with E-state index in [1.54, 1.807) is 24.6 Å². The third-order valence-electron chi connectivity index (χ3n) is 3.74. The van der Waals surface area contributed by atoms with Crippen LogP contribution in [0, 0.1) is 12.7 Å². The van der Waals surface area contributed by atoms with Gasteiger partial charge in [-0.3, -0.25) is 0 Å². The van der Waals surface area contributed by atoms with E-state index >= 15 is 0 Å². The molecular weight excluding hydrogens is 309 g/mol. The Bertz CT molecular complexity index is 738. The summed E-state index contributed by atoms with van der Waals surface area (Å²) < 4.78 is 21.3. The van der Waals surface area contributed by atoms with Crippen molar-refractivity contribution in [3.63, 3.8) is 0 Å². The van der Waals surface area contributed by atoms with Crippen molar-refractivity contribution in [2.24, 2.45) is 0 Å². The quantitative estimate of drug-likeness (QED) is 0.762. The van der Waals surface area contributed by atoms with Crippen LogP contribution in [0.15, 0.2) is 18.2 Å². The molecule has 0 atom stereocenters. The van der Waals surface area contributed by atoms with Gasteiger partial charge in [-0.2, -0.15) is 5.10 Å². The lowest BCUT2D eigenvalue weighted by atomic mass is 10.1. The summed E-state index contributed by atoms with van der Waals surface area (Å²) in [6.07, 6.45) is 0.546. The SMILES string of the molecule is CCOC(=O)c1c(C)nn(-c2c(F)cccc2CN(C)C)c1CC. The van der Waals surface area contributed by atoms with Gasteiger partial charge in [-0.15, -0.1) is 0 Å². The van der Waals surface area contributed by atoms with E-state index in [4.69, 9.17) is 4.74 Å². The number of benzene rings is 1. The molecule has 0 fully saturated rings. The molecule has 130 valence electrons. The Morgan fingerprint density at radius 2 is 2.04 bits per heavy atom. The number of halogens is 1. The lowest BCUT2D eigenvalue weighted by molar-refractivity contribution is 0.0524. The molecule has 0 saturated heterocycles. The number of para-hydroxylation sites is 1. The normalized spacial score (nSPS) is 11.1.